The Balaban J connectivity index is 2.27. The van der Waals surface area contributed by atoms with Crippen molar-refractivity contribution in [1.29, 1.82) is 0 Å². The molecule has 2 aromatic rings. The minimum absolute atomic E-state index is 0.992. The van der Waals surface area contributed by atoms with Gasteiger partial charge >= 0.3 is 0 Å². The zero-order chi connectivity index (χ0) is 14.0. The first kappa shape index (κ1) is 13.1. The van der Waals surface area contributed by atoms with E-state index in [1.165, 1.54) is 10.6 Å². The predicted octanol–water partition coefficient (Wildman–Crippen LogP) is 4.41. The van der Waals surface area contributed by atoms with Crippen LogP contribution in [0.4, 0.5) is 0 Å². The molecule has 1 aliphatic heterocycles. The molecule has 0 bridgehead atoms. The lowest BCUT2D eigenvalue weighted by Crippen LogP contribution is -2.21. The van der Waals surface area contributed by atoms with Gasteiger partial charge in [0, 0.05) is 0 Å². The average Bonchev–Trinajstić information content (AvgIpc) is 2.48. The quantitative estimate of drug-likeness (QED) is 0.741. The maximum atomic E-state index is 5.73. The van der Waals surface area contributed by atoms with E-state index < -0.39 is 7.26 Å². The molecule has 100 valence electrons. The molecule has 3 rings (SSSR count). The molecule has 0 spiro atoms. The van der Waals surface area contributed by atoms with E-state index in [9.17, 15) is 0 Å². The van der Waals surface area contributed by atoms with Crippen LogP contribution in [0.5, 0.6) is 0 Å². The summed E-state index contributed by atoms with van der Waals surface area (Å²) >= 11 is 0. The molecule has 0 N–H and O–H groups in total. The molecule has 0 saturated heterocycles. The van der Waals surface area contributed by atoms with Gasteiger partial charge in [-0.3, -0.25) is 0 Å². The second kappa shape index (κ2) is 5.26. The van der Waals surface area contributed by atoms with E-state index in [4.69, 9.17) is 4.74 Å². The average molecular weight is 281 g/mol. The Bertz CT molecular complexity index is 597. The van der Waals surface area contributed by atoms with E-state index in [0.717, 1.165) is 11.5 Å². The summed E-state index contributed by atoms with van der Waals surface area (Å²) in [5, 5.41) is 2.74. The molecule has 2 heteroatoms. The molecule has 1 nitrogen and oxygen atoms in total. The van der Waals surface area contributed by atoms with Crippen molar-refractivity contribution in [3.63, 3.8) is 0 Å². The number of allylic oxidation sites excluding steroid dienone is 2. The third kappa shape index (κ3) is 2.30. The van der Waals surface area contributed by atoms with Gasteiger partial charge in [-0.2, -0.15) is 0 Å². The van der Waals surface area contributed by atoms with E-state index in [0.29, 0.717) is 0 Å². The molecule has 0 radical (unpaired) electrons. The summed E-state index contributed by atoms with van der Waals surface area (Å²) < 4.78 is 5.73. The van der Waals surface area contributed by atoms with Crippen LogP contribution >= 0.6 is 7.26 Å². The van der Waals surface area contributed by atoms with Crippen LogP contribution in [0, 0.1) is 0 Å². The Morgan fingerprint density at radius 1 is 0.650 bits per heavy atom. The minimum Gasteiger partial charge on any atom is -0.460 e. The maximum absolute atomic E-state index is 5.73. The van der Waals surface area contributed by atoms with E-state index in [2.05, 4.69) is 72.3 Å². The molecule has 20 heavy (non-hydrogen) atoms. The molecule has 0 unspecified atom stereocenters. The van der Waals surface area contributed by atoms with Crippen LogP contribution in [-0.2, 0) is 4.74 Å². The summed E-state index contributed by atoms with van der Waals surface area (Å²) in [4.78, 5) is 0. The lowest BCUT2D eigenvalue weighted by molar-refractivity contribution is 0.309. The van der Waals surface area contributed by atoms with Gasteiger partial charge in [0.1, 0.15) is 41.0 Å². The van der Waals surface area contributed by atoms with Gasteiger partial charge < -0.3 is 4.74 Å². The summed E-state index contributed by atoms with van der Waals surface area (Å²) in [6.07, 6.45) is 0. The fourth-order valence-electron chi connectivity index (χ4n) is 2.71. The first-order valence-electron chi connectivity index (χ1n) is 6.77. The van der Waals surface area contributed by atoms with Crippen molar-refractivity contribution < 1.29 is 4.74 Å². The Labute approximate surface area is 120 Å². The van der Waals surface area contributed by atoms with Gasteiger partial charge in [-0.1, -0.05) is 36.4 Å². The van der Waals surface area contributed by atoms with Gasteiger partial charge in [-0.05, 0) is 38.1 Å². The predicted molar refractivity (Wildman–Crippen MR) is 87.7 cm³/mol. The number of ether oxygens (including phenoxy) is 1. The zero-order valence-electron chi connectivity index (χ0n) is 11.8. The van der Waals surface area contributed by atoms with Crippen molar-refractivity contribution >= 4 is 17.9 Å². The van der Waals surface area contributed by atoms with Crippen molar-refractivity contribution in [2.24, 2.45) is 0 Å². The van der Waals surface area contributed by atoms with Crippen LogP contribution in [0.1, 0.15) is 13.8 Å². The molecule has 0 aliphatic carbocycles. The Morgan fingerprint density at radius 3 is 1.45 bits per heavy atom. The smallest absolute Gasteiger partial charge is 0.136 e. The summed E-state index contributed by atoms with van der Waals surface area (Å²) in [6, 6.07) is 21.5. The van der Waals surface area contributed by atoms with Crippen LogP contribution in [0.3, 0.4) is 0 Å². The number of benzene rings is 2. The topological polar surface area (TPSA) is 9.23 Å². The number of hydrogen-bond acceptors (Lipinski definition) is 1. The normalized spacial score (nSPS) is 16.9. The third-order valence-corrected chi connectivity index (χ3v) is 7.31. The fourth-order valence-corrected chi connectivity index (χ4v) is 6.27. The summed E-state index contributed by atoms with van der Waals surface area (Å²) in [5.41, 5.74) is 0. The summed E-state index contributed by atoms with van der Waals surface area (Å²) in [7, 11) is -1.66. The van der Waals surface area contributed by atoms with Crippen molar-refractivity contribution in [3.05, 3.63) is 83.8 Å². The molecular weight excluding hydrogens is 263 g/mol. The second-order valence-corrected chi connectivity index (χ2v) is 8.13. The van der Waals surface area contributed by atoms with Crippen LogP contribution in [-0.4, -0.2) is 0 Å². The Morgan fingerprint density at radius 2 is 1.05 bits per heavy atom. The maximum Gasteiger partial charge on any atom is 0.136 e. The number of hydrogen-bond donors (Lipinski definition) is 0. The van der Waals surface area contributed by atoms with E-state index in [1.54, 1.807) is 0 Å². The molecule has 0 amide bonds. The third-order valence-electron chi connectivity index (χ3n) is 3.46. The molecule has 0 saturated carbocycles. The van der Waals surface area contributed by atoms with E-state index in [1.807, 2.05) is 13.8 Å². The van der Waals surface area contributed by atoms with E-state index >= 15 is 0 Å². The van der Waals surface area contributed by atoms with Crippen molar-refractivity contribution in [1.82, 2.24) is 0 Å². The highest BCUT2D eigenvalue weighted by atomic mass is 31.2. The van der Waals surface area contributed by atoms with Crippen molar-refractivity contribution in [3.8, 4) is 0 Å². The van der Waals surface area contributed by atoms with Gasteiger partial charge in [-0.15, -0.1) is 0 Å². The zero-order valence-corrected chi connectivity index (χ0v) is 12.7. The van der Waals surface area contributed by atoms with Gasteiger partial charge in [0.05, 0.1) is 0 Å². The van der Waals surface area contributed by atoms with Gasteiger partial charge in [0.25, 0.3) is 0 Å². The summed E-state index contributed by atoms with van der Waals surface area (Å²) in [5.74, 6) is 6.60. The molecule has 2 aromatic carbocycles. The molecule has 1 heterocycles. The van der Waals surface area contributed by atoms with Crippen LogP contribution in [0.2, 0.25) is 0 Å². The monoisotopic (exact) mass is 281 g/mol. The minimum atomic E-state index is -1.66. The molecule has 0 aromatic heterocycles. The molecule has 1 aliphatic rings. The second-order valence-electron chi connectivity index (χ2n) is 5.03. The van der Waals surface area contributed by atoms with Crippen LogP contribution in [0.25, 0.3) is 0 Å². The van der Waals surface area contributed by atoms with Gasteiger partial charge in [0.15, 0.2) is 0 Å². The highest BCUT2D eigenvalue weighted by Crippen LogP contribution is 2.62. The highest BCUT2D eigenvalue weighted by Gasteiger charge is 2.42. The summed E-state index contributed by atoms with van der Waals surface area (Å²) in [6.45, 7) is 4.08. The lowest BCUT2D eigenvalue weighted by Gasteiger charge is -2.24. The van der Waals surface area contributed by atoms with Crippen LogP contribution < -0.4 is 10.6 Å². The molecule has 0 fully saturated rings. The lowest BCUT2D eigenvalue weighted by atomic mass is 10.4. The number of rotatable bonds is 2. The fraction of sp³-hybridized carbons (Fsp3) is 0.111. The Hall–Kier alpha value is -1.85. The van der Waals surface area contributed by atoms with Crippen molar-refractivity contribution in [2.45, 2.75) is 13.8 Å². The van der Waals surface area contributed by atoms with Gasteiger partial charge in [-0.25, -0.2) is 0 Å². The van der Waals surface area contributed by atoms with Crippen molar-refractivity contribution in [2.75, 3.05) is 0 Å². The Kier molecular flexibility index (Phi) is 3.46. The SMILES string of the molecule is CC1=C[P+](c2ccccc2)(c2ccccc2)C=C(C)O1. The standard InChI is InChI=1S/C18H18OP/c1-15-13-20(14-16(2)19-15,17-9-5-3-6-10-17)18-11-7-4-8-12-18/h3-14H,1-2H3/q+1. The molecule has 0 atom stereocenters. The highest BCUT2D eigenvalue weighted by molar-refractivity contribution is 7.94. The van der Waals surface area contributed by atoms with Gasteiger partial charge in [0.2, 0.25) is 0 Å². The largest absolute Gasteiger partial charge is 0.460 e. The van der Waals surface area contributed by atoms with Crippen LogP contribution in [0.15, 0.2) is 83.8 Å². The molecular formula is C18H18OP+. The first-order valence-corrected chi connectivity index (χ1v) is 8.70. The first-order chi connectivity index (χ1) is 9.71. The van der Waals surface area contributed by atoms with E-state index in [-0.39, 0.29) is 0 Å².